The Morgan fingerprint density at radius 3 is 2.82 bits per heavy atom. The molecule has 1 unspecified atom stereocenters. The highest BCUT2D eigenvalue weighted by atomic mass is 16.5. The van der Waals surface area contributed by atoms with Gasteiger partial charge in [0.05, 0.1) is 18.9 Å². The van der Waals surface area contributed by atoms with Crippen LogP contribution in [0.15, 0.2) is 0 Å². The van der Waals surface area contributed by atoms with Crippen LogP contribution in [-0.4, -0.2) is 48.2 Å². The first-order valence-corrected chi connectivity index (χ1v) is 6.23. The Kier molecular flexibility index (Phi) is 5.97. The van der Waals surface area contributed by atoms with Gasteiger partial charge in [-0.1, -0.05) is 6.92 Å². The average Bonchev–Trinajstić information content (AvgIpc) is 2.34. The van der Waals surface area contributed by atoms with E-state index in [1.165, 1.54) is 0 Å². The van der Waals surface area contributed by atoms with E-state index in [9.17, 15) is 9.59 Å². The van der Waals surface area contributed by atoms with Gasteiger partial charge in [-0.2, -0.15) is 0 Å². The molecule has 0 saturated carbocycles. The third-order valence-corrected chi connectivity index (χ3v) is 2.93. The monoisotopic (exact) mass is 243 g/mol. The lowest BCUT2D eigenvalue weighted by Crippen LogP contribution is -2.42. The van der Waals surface area contributed by atoms with Crippen LogP contribution in [0.4, 0.5) is 0 Å². The van der Waals surface area contributed by atoms with Crippen molar-refractivity contribution < 1.29 is 19.4 Å². The maximum Gasteiger partial charge on any atom is 0.308 e. The van der Waals surface area contributed by atoms with Crippen LogP contribution in [0.5, 0.6) is 0 Å². The number of carboxylic acid groups (broad SMARTS) is 1. The van der Waals surface area contributed by atoms with Gasteiger partial charge < -0.3 is 14.7 Å². The molecule has 0 aliphatic carbocycles. The molecular weight excluding hydrogens is 222 g/mol. The molecule has 1 N–H and O–H groups in total. The van der Waals surface area contributed by atoms with Crippen molar-refractivity contribution in [3.63, 3.8) is 0 Å². The zero-order valence-electron chi connectivity index (χ0n) is 10.4. The van der Waals surface area contributed by atoms with E-state index in [1.807, 2.05) is 6.92 Å². The van der Waals surface area contributed by atoms with Gasteiger partial charge in [0, 0.05) is 19.7 Å². The summed E-state index contributed by atoms with van der Waals surface area (Å²) in [6, 6.07) is 0. The Balaban J connectivity index is 2.28. The van der Waals surface area contributed by atoms with E-state index in [0.29, 0.717) is 39.1 Å². The number of carboxylic acids is 1. The quantitative estimate of drug-likeness (QED) is 0.710. The summed E-state index contributed by atoms with van der Waals surface area (Å²) in [6.07, 6.45) is 2.75. The van der Waals surface area contributed by atoms with Crippen molar-refractivity contribution in [1.82, 2.24) is 4.90 Å². The predicted octanol–water partition coefficient (Wildman–Crippen LogP) is 1.13. The molecule has 0 aromatic carbocycles. The van der Waals surface area contributed by atoms with Crippen molar-refractivity contribution in [2.75, 3.05) is 26.3 Å². The van der Waals surface area contributed by atoms with Crippen LogP contribution in [0.3, 0.4) is 0 Å². The number of carbonyl (C=O) groups is 2. The molecule has 17 heavy (non-hydrogen) atoms. The molecule has 98 valence electrons. The van der Waals surface area contributed by atoms with Crippen LogP contribution in [-0.2, 0) is 14.3 Å². The Bertz CT molecular complexity index is 267. The normalized spacial score (nSPS) is 20.3. The van der Waals surface area contributed by atoms with E-state index >= 15 is 0 Å². The van der Waals surface area contributed by atoms with Gasteiger partial charge in [0.2, 0.25) is 5.91 Å². The molecule has 1 fully saturated rings. The number of piperidine rings is 1. The minimum atomic E-state index is -0.801. The second-order valence-electron chi connectivity index (χ2n) is 4.38. The molecule has 0 aromatic rings. The number of carbonyl (C=O) groups excluding carboxylic acids is 1. The number of ether oxygens (including phenoxy) is 1. The second-order valence-corrected chi connectivity index (χ2v) is 4.38. The number of rotatable bonds is 6. The summed E-state index contributed by atoms with van der Waals surface area (Å²) >= 11 is 0. The van der Waals surface area contributed by atoms with Gasteiger partial charge in [0.15, 0.2) is 0 Å². The maximum absolute atomic E-state index is 11.8. The summed E-state index contributed by atoms with van der Waals surface area (Å²) in [5.41, 5.74) is 0. The standard InChI is InChI=1S/C12H21NO4/c1-2-7-17-8-5-11(14)13-6-3-4-10(9-13)12(15)16/h10H,2-9H2,1H3,(H,15,16). The second kappa shape index (κ2) is 7.27. The molecule has 0 radical (unpaired) electrons. The first-order chi connectivity index (χ1) is 8.15. The highest BCUT2D eigenvalue weighted by Gasteiger charge is 2.27. The molecule has 1 heterocycles. The Morgan fingerprint density at radius 1 is 1.41 bits per heavy atom. The van der Waals surface area contributed by atoms with Gasteiger partial charge in [0.25, 0.3) is 0 Å². The number of hydrogen-bond donors (Lipinski definition) is 1. The summed E-state index contributed by atoms with van der Waals surface area (Å²) in [4.78, 5) is 24.3. The highest BCUT2D eigenvalue weighted by molar-refractivity contribution is 5.78. The summed E-state index contributed by atoms with van der Waals surface area (Å²) < 4.78 is 5.25. The van der Waals surface area contributed by atoms with Gasteiger partial charge >= 0.3 is 5.97 Å². The topological polar surface area (TPSA) is 66.8 Å². The van der Waals surface area contributed by atoms with E-state index < -0.39 is 11.9 Å². The Morgan fingerprint density at radius 2 is 2.18 bits per heavy atom. The molecule has 1 aliphatic rings. The van der Waals surface area contributed by atoms with Gasteiger partial charge in [-0.3, -0.25) is 9.59 Å². The first-order valence-electron chi connectivity index (χ1n) is 6.23. The van der Waals surface area contributed by atoms with E-state index in [2.05, 4.69) is 0 Å². The average molecular weight is 243 g/mol. The lowest BCUT2D eigenvalue weighted by molar-refractivity contribution is -0.145. The van der Waals surface area contributed by atoms with E-state index in [-0.39, 0.29) is 5.91 Å². The minimum absolute atomic E-state index is 0.00653. The number of amides is 1. The molecule has 5 nitrogen and oxygen atoms in total. The number of aliphatic carboxylic acids is 1. The van der Waals surface area contributed by atoms with Gasteiger partial charge in [-0.15, -0.1) is 0 Å². The fourth-order valence-electron chi connectivity index (χ4n) is 1.97. The zero-order chi connectivity index (χ0) is 12.7. The Hall–Kier alpha value is -1.10. The van der Waals surface area contributed by atoms with Crippen LogP contribution in [0.2, 0.25) is 0 Å². The lowest BCUT2D eigenvalue weighted by atomic mass is 9.98. The summed E-state index contributed by atoms with van der Waals surface area (Å²) in [6.45, 7) is 4.15. The van der Waals surface area contributed by atoms with Crippen LogP contribution in [0.1, 0.15) is 32.6 Å². The molecule has 0 bridgehead atoms. The molecule has 1 atom stereocenters. The summed E-state index contributed by atoms with van der Waals surface area (Å²) in [7, 11) is 0. The smallest absolute Gasteiger partial charge is 0.308 e. The van der Waals surface area contributed by atoms with Crippen LogP contribution in [0.25, 0.3) is 0 Å². The van der Waals surface area contributed by atoms with Gasteiger partial charge in [-0.05, 0) is 19.3 Å². The minimum Gasteiger partial charge on any atom is -0.481 e. The molecule has 0 aromatic heterocycles. The van der Waals surface area contributed by atoms with E-state index in [0.717, 1.165) is 12.8 Å². The van der Waals surface area contributed by atoms with Crippen molar-refractivity contribution in [3.05, 3.63) is 0 Å². The van der Waals surface area contributed by atoms with Crippen molar-refractivity contribution in [1.29, 1.82) is 0 Å². The molecule has 1 rings (SSSR count). The van der Waals surface area contributed by atoms with E-state index in [1.54, 1.807) is 4.90 Å². The van der Waals surface area contributed by atoms with Crippen LogP contribution >= 0.6 is 0 Å². The number of hydrogen-bond acceptors (Lipinski definition) is 3. The number of likely N-dealkylation sites (tertiary alicyclic amines) is 1. The fourth-order valence-corrected chi connectivity index (χ4v) is 1.97. The van der Waals surface area contributed by atoms with Gasteiger partial charge in [0.1, 0.15) is 0 Å². The molecule has 5 heteroatoms. The maximum atomic E-state index is 11.8. The summed E-state index contributed by atoms with van der Waals surface area (Å²) in [5.74, 6) is -1.19. The molecular formula is C12H21NO4. The van der Waals surface area contributed by atoms with Crippen molar-refractivity contribution in [3.8, 4) is 0 Å². The predicted molar refractivity (Wildman–Crippen MR) is 62.7 cm³/mol. The Labute approximate surface area is 102 Å². The largest absolute Gasteiger partial charge is 0.481 e. The van der Waals surface area contributed by atoms with Crippen molar-refractivity contribution in [2.24, 2.45) is 5.92 Å². The molecule has 1 amide bonds. The SMILES string of the molecule is CCCOCCC(=O)N1CCCC(C(=O)O)C1. The van der Waals surface area contributed by atoms with Crippen molar-refractivity contribution in [2.45, 2.75) is 32.6 Å². The summed E-state index contributed by atoms with van der Waals surface area (Å²) in [5, 5.41) is 8.92. The molecule has 1 saturated heterocycles. The zero-order valence-corrected chi connectivity index (χ0v) is 10.4. The van der Waals surface area contributed by atoms with Crippen molar-refractivity contribution >= 4 is 11.9 Å². The van der Waals surface area contributed by atoms with Gasteiger partial charge in [-0.25, -0.2) is 0 Å². The van der Waals surface area contributed by atoms with E-state index in [4.69, 9.17) is 9.84 Å². The lowest BCUT2D eigenvalue weighted by Gasteiger charge is -2.30. The van der Waals surface area contributed by atoms with Crippen LogP contribution < -0.4 is 0 Å². The molecule has 0 spiro atoms. The molecule has 1 aliphatic heterocycles. The number of nitrogens with zero attached hydrogens (tertiary/aromatic N) is 1. The first kappa shape index (κ1) is 14.0. The fraction of sp³-hybridized carbons (Fsp3) is 0.833. The highest BCUT2D eigenvalue weighted by Crippen LogP contribution is 2.17. The third-order valence-electron chi connectivity index (χ3n) is 2.93. The third kappa shape index (κ3) is 4.73. The van der Waals surface area contributed by atoms with Crippen LogP contribution in [0, 0.1) is 5.92 Å².